The van der Waals surface area contributed by atoms with E-state index in [1.165, 1.54) is 24.3 Å². The van der Waals surface area contributed by atoms with Crippen LogP contribution >= 0.6 is 0 Å². The number of nitrogens with zero attached hydrogens (tertiary/aromatic N) is 2. The van der Waals surface area contributed by atoms with Gasteiger partial charge in [-0.05, 0) is 37.1 Å². The Morgan fingerprint density at radius 3 is 2.80 bits per heavy atom. The van der Waals surface area contributed by atoms with Gasteiger partial charge in [-0.1, -0.05) is 5.10 Å². The molecular weight excluding hydrogens is 265 g/mol. The van der Waals surface area contributed by atoms with Crippen LogP contribution in [0.2, 0.25) is 0 Å². The summed E-state index contributed by atoms with van der Waals surface area (Å²) in [7, 11) is 0. The number of benzene rings is 1. The molecule has 20 heavy (non-hydrogen) atoms. The summed E-state index contributed by atoms with van der Waals surface area (Å²) < 4.78 is 23.5. The van der Waals surface area contributed by atoms with Crippen LogP contribution in [-0.2, 0) is 4.74 Å². The number of ether oxygens (including phenoxy) is 1. The van der Waals surface area contributed by atoms with Crippen molar-refractivity contribution in [3.63, 3.8) is 0 Å². The Morgan fingerprint density at radius 1 is 1.30 bits per heavy atom. The predicted octanol–water partition coefficient (Wildman–Crippen LogP) is 2.31. The lowest BCUT2D eigenvalue weighted by molar-refractivity contribution is 0.0893. The molecule has 1 aliphatic rings. The van der Waals surface area contributed by atoms with Gasteiger partial charge in [0.15, 0.2) is 0 Å². The Morgan fingerprint density at radius 2 is 2.10 bits per heavy atom. The molecule has 0 saturated carbocycles. The van der Waals surface area contributed by atoms with Gasteiger partial charge in [0.05, 0.1) is 0 Å². The minimum absolute atomic E-state index is 0.00447. The summed E-state index contributed by atoms with van der Waals surface area (Å²) in [6.07, 6.45) is 1.58. The van der Waals surface area contributed by atoms with Crippen molar-refractivity contribution in [2.24, 2.45) is 0 Å². The summed E-state index contributed by atoms with van der Waals surface area (Å²) >= 11 is 0. The van der Waals surface area contributed by atoms with Crippen molar-refractivity contribution in [3.05, 3.63) is 41.5 Å². The van der Waals surface area contributed by atoms with Gasteiger partial charge in [-0.2, -0.15) is 0 Å². The Labute approximate surface area is 113 Å². The van der Waals surface area contributed by atoms with Gasteiger partial charge >= 0.3 is 6.01 Å². The van der Waals surface area contributed by atoms with E-state index < -0.39 is 11.7 Å². The predicted molar refractivity (Wildman–Crippen MR) is 66.6 cm³/mol. The number of nitrogens with one attached hydrogen (secondary N) is 1. The van der Waals surface area contributed by atoms with Gasteiger partial charge in [0.25, 0.3) is 5.91 Å². The van der Waals surface area contributed by atoms with Crippen molar-refractivity contribution in [1.82, 2.24) is 10.2 Å². The van der Waals surface area contributed by atoms with Gasteiger partial charge in [-0.3, -0.25) is 10.1 Å². The third-order valence-electron chi connectivity index (χ3n) is 2.97. The van der Waals surface area contributed by atoms with Crippen LogP contribution in [0.5, 0.6) is 0 Å². The van der Waals surface area contributed by atoms with Crippen LogP contribution in [0.15, 0.2) is 28.7 Å². The zero-order chi connectivity index (χ0) is 13.9. The van der Waals surface area contributed by atoms with Crippen LogP contribution in [0.4, 0.5) is 10.4 Å². The van der Waals surface area contributed by atoms with Gasteiger partial charge in [0.2, 0.25) is 5.89 Å². The quantitative estimate of drug-likeness (QED) is 0.931. The van der Waals surface area contributed by atoms with Crippen LogP contribution < -0.4 is 5.32 Å². The van der Waals surface area contributed by atoms with E-state index in [9.17, 15) is 9.18 Å². The molecule has 1 N–H and O–H groups in total. The number of rotatable bonds is 3. The van der Waals surface area contributed by atoms with Gasteiger partial charge in [0, 0.05) is 12.2 Å². The lowest BCUT2D eigenvalue weighted by Gasteiger charge is -2.02. The molecule has 1 saturated heterocycles. The zero-order valence-electron chi connectivity index (χ0n) is 10.5. The average Bonchev–Trinajstić information content (AvgIpc) is 3.09. The normalized spacial score (nSPS) is 18.1. The summed E-state index contributed by atoms with van der Waals surface area (Å²) in [6, 6.07) is 5.18. The van der Waals surface area contributed by atoms with Crippen LogP contribution in [0, 0.1) is 5.82 Å². The SMILES string of the molecule is O=C(Nc1nnc([C@H]2CCCO2)o1)c1ccc(F)cc1. The molecule has 1 atom stereocenters. The highest BCUT2D eigenvalue weighted by molar-refractivity contribution is 6.03. The first kappa shape index (κ1) is 12.7. The van der Waals surface area contributed by atoms with Crippen molar-refractivity contribution >= 4 is 11.9 Å². The van der Waals surface area contributed by atoms with Crippen molar-refractivity contribution in [2.45, 2.75) is 18.9 Å². The standard InChI is InChI=1S/C13H12FN3O3/c14-9-5-3-8(4-6-9)11(18)15-13-17-16-12(20-13)10-2-1-7-19-10/h3-6,10H,1-2,7H2,(H,15,17,18)/t10-/m1/s1. The molecule has 1 aliphatic heterocycles. The molecule has 1 aromatic heterocycles. The fourth-order valence-corrected chi connectivity index (χ4v) is 1.96. The molecule has 0 unspecified atom stereocenters. The third-order valence-corrected chi connectivity index (χ3v) is 2.97. The summed E-state index contributed by atoms with van der Waals surface area (Å²) in [5, 5.41) is 10.0. The van der Waals surface area contributed by atoms with E-state index in [2.05, 4.69) is 15.5 Å². The second kappa shape index (κ2) is 5.38. The Bertz CT molecular complexity index is 606. The number of carbonyl (C=O) groups excluding carboxylic acids is 1. The lowest BCUT2D eigenvalue weighted by Crippen LogP contribution is -2.12. The van der Waals surface area contributed by atoms with Crippen LogP contribution in [0.1, 0.15) is 35.2 Å². The molecule has 0 bridgehead atoms. The summed E-state index contributed by atoms with van der Waals surface area (Å²) in [6.45, 7) is 0.671. The maximum Gasteiger partial charge on any atom is 0.322 e. The fourth-order valence-electron chi connectivity index (χ4n) is 1.96. The number of anilines is 1. The first-order valence-electron chi connectivity index (χ1n) is 6.24. The minimum atomic E-state index is -0.437. The molecular formula is C13H12FN3O3. The zero-order valence-corrected chi connectivity index (χ0v) is 10.5. The van der Waals surface area contributed by atoms with Crippen molar-refractivity contribution in [3.8, 4) is 0 Å². The molecule has 2 aromatic rings. The fraction of sp³-hybridized carbons (Fsp3) is 0.308. The maximum atomic E-state index is 12.8. The lowest BCUT2D eigenvalue weighted by atomic mass is 10.2. The van der Waals surface area contributed by atoms with Gasteiger partial charge in [-0.15, -0.1) is 5.10 Å². The van der Waals surface area contributed by atoms with Crippen LogP contribution in [-0.4, -0.2) is 22.7 Å². The molecule has 0 aliphatic carbocycles. The number of amides is 1. The van der Waals surface area contributed by atoms with E-state index in [1.807, 2.05) is 0 Å². The molecule has 1 fully saturated rings. The molecule has 104 valence electrons. The number of carbonyl (C=O) groups is 1. The van der Waals surface area contributed by atoms with E-state index in [0.717, 1.165) is 12.8 Å². The van der Waals surface area contributed by atoms with E-state index in [1.54, 1.807) is 0 Å². The smallest absolute Gasteiger partial charge is 0.322 e. The molecule has 1 aromatic carbocycles. The van der Waals surface area contributed by atoms with Crippen LogP contribution in [0.25, 0.3) is 0 Å². The summed E-state index contributed by atoms with van der Waals surface area (Å²) in [5.41, 5.74) is 0.309. The van der Waals surface area contributed by atoms with Gasteiger partial charge in [0.1, 0.15) is 11.9 Å². The third kappa shape index (κ3) is 2.67. The first-order chi connectivity index (χ1) is 9.72. The highest BCUT2D eigenvalue weighted by Crippen LogP contribution is 2.28. The first-order valence-corrected chi connectivity index (χ1v) is 6.24. The maximum absolute atomic E-state index is 12.8. The Balaban J connectivity index is 1.68. The highest BCUT2D eigenvalue weighted by atomic mass is 19.1. The van der Waals surface area contributed by atoms with Crippen LogP contribution in [0.3, 0.4) is 0 Å². The Hall–Kier alpha value is -2.28. The van der Waals surface area contributed by atoms with Crippen molar-refractivity contribution in [1.29, 1.82) is 0 Å². The largest absolute Gasteiger partial charge is 0.405 e. The average molecular weight is 277 g/mol. The summed E-state index contributed by atoms with van der Waals surface area (Å²) in [5.74, 6) is -0.482. The highest BCUT2D eigenvalue weighted by Gasteiger charge is 2.24. The molecule has 2 heterocycles. The molecule has 7 heteroatoms. The molecule has 3 rings (SSSR count). The monoisotopic (exact) mass is 277 g/mol. The molecule has 6 nitrogen and oxygen atoms in total. The number of halogens is 1. The van der Waals surface area contributed by atoms with E-state index >= 15 is 0 Å². The Kier molecular flexibility index (Phi) is 3.42. The summed E-state index contributed by atoms with van der Waals surface area (Å²) in [4.78, 5) is 11.9. The van der Waals surface area contributed by atoms with Crippen molar-refractivity contribution in [2.75, 3.05) is 11.9 Å². The van der Waals surface area contributed by atoms with E-state index in [-0.39, 0.29) is 12.1 Å². The molecule has 0 spiro atoms. The topological polar surface area (TPSA) is 77.2 Å². The van der Waals surface area contributed by atoms with Gasteiger partial charge < -0.3 is 9.15 Å². The van der Waals surface area contributed by atoms with E-state index in [4.69, 9.17) is 9.15 Å². The second-order valence-corrected chi connectivity index (χ2v) is 4.41. The number of hydrogen-bond acceptors (Lipinski definition) is 5. The van der Waals surface area contributed by atoms with Gasteiger partial charge in [-0.25, -0.2) is 4.39 Å². The second-order valence-electron chi connectivity index (χ2n) is 4.41. The molecule has 1 amide bonds. The number of aromatic nitrogens is 2. The number of hydrogen-bond donors (Lipinski definition) is 1. The van der Waals surface area contributed by atoms with E-state index in [0.29, 0.717) is 18.1 Å². The van der Waals surface area contributed by atoms with Crippen molar-refractivity contribution < 1.29 is 18.3 Å². The molecule has 0 radical (unpaired) electrons. The minimum Gasteiger partial charge on any atom is -0.405 e.